The second kappa shape index (κ2) is 6.06. The fraction of sp³-hybridized carbons (Fsp3) is 0.133. The predicted octanol–water partition coefficient (Wildman–Crippen LogP) is 2.81. The minimum atomic E-state index is -0.677. The monoisotopic (exact) mass is 274 g/mol. The number of hydrogen-bond donors (Lipinski definition) is 2. The Labute approximate surface area is 116 Å². The molecule has 2 aromatic rings. The Hall–Kier alpha value is -2.56. The average molecular weight is 274 g/mol. The molecular formula is C15H15FN2O2. The molecule has 1 atom stereocenters. The van der Waals surface area contributed by atoms with E-state index >= 15 is 0 Å². The molecule has 2 rings (SSSR count). The molecule has 5 heteroatoms. The van der Waals surface area contributed by atoms with E-state index in [0.717, 1.165) is 0 Å². The number of nitrogens with one attached hydrogen (secondary N) is 1. The van der Waals surface area contributed by atoms with E-state index in [1.54, 1.807) is 19.1 Å². The van der Waals surface area contributed by atoms with E-state index in [4.69, 9.17) is 10.5 Å². The van der Waals surface area contributed by atoms with Crippen molar-refractivity contribution in [1.29, 1.82) is 0 Å². The molecular weight excluding hydrogens is 259 g/mol. The van der Waals surface area contributed by atoms with Crippen molar-refractivity contribution in [2.45, 2.75) is 13.0 Å². The van der Waals surface area contributed by atoms with E-state index < -0.39 is 11.9 Å². The summed E-state index contributed by atoms with van der Waals surface area (Å²) in [6.45, 7) is 1.63. The minimum Gasteiger partial charge on any atom is -0.481 e. The summed E-state index contributed by atoms with van der Waals surface area (Å²) in [5, 5.41) is 2.62. The van der Waals surface area contributed by atoms with Crippen LogP contribution in [0.1, 0.15) is 6.92 Å². The van der Waals surface area contributed by atoms with Crippen molar-refractivity contribution in [3.8, 4) is 5.75 Å². The third kappa shape index (κ3) is 3.47. The molecule has 0 saturated carbocycles. The van der Waals surface area contributed by atoms with E-state index in [1.807, 2.05) is 18.2 Å². The van der Waals surface area contributed by atoms with Crippen LogP contribution in [0.5, 0.6) is 5.75 Å². The van der Waals surface area contributed by atoms with Crippen LogP contribution < -0.4 is 15.8 Å². The van der Waals surface area contributed by atoms with E-state index in [9.17, 15) is 9.18 Å². The number of benzene rings is 2. The van der Waals surface area contributed by atoms with Gasteiger partial charge in [-0.3, -0.25) is 4.79 Å². The summed E-state index contributed by atoms with van der Waals surface area (Å²) in [6.07, 6.45) is -0.677. The molecule has 0 bridgehead atoms. The number of halogens is 1. The zero-order valence-corrected chi connectivity index (χ0v) is 11.0. The molecule has 0 saturated heterocycles. The lowest BCUT2D eigenvalue weighted by atomic mass is 10.2. The summed E-state index contributed by atoms with van der Waals surface area (Å²) < 4.78 is 18.5. The number of nitrogens with two attached hydrogens (primary N) is 1. The van der Waals surface area contributed by atoms with Crippen LogP contribution in [0.25, 0.3) is 0 Å². The van der Waals surface area contributed by atoms with Crippen molar-refractivity contribution in [3.63, 3.8) is 0 Å². The SMILES string of the molecule is CC(Oc1ccccc1)C(=O)Nc1ccc(F)c(N)c1. The fourth-order valence-electron chi connectivity index (χ4n) is 1.62. The Balaban J connectivity index is 1.99. The Kier molecular flexibility index (Phi) is 4.20. The molecule has 1 amide bonds. The smallest absolute Gasteiger partial charge is 0.265 e. The first-order valence-electron chi connectivity index (χ1n) is 6.14. The molecule has 1 unspecified atom stereocenters. The Bertz CT molecular complexity index is 602. The lowest BCUT2D eigenvalue weighted by molar-refractivity contribution is -0.122. The molecule has 0 spiro atoms. The number of hydrogen-bond acceptors (Lipinski definition) is 3. The molecule has 104 valence electrons. The lowest BCUT2D eigenvalue weighted by Gasteiger charge is -2.14. The maximum absolute atomic E-state index is 13.0. The number of amides is 1. The van der Waals surface area contributed by atoms with Gasteiger partial charge in [-0.15, -0.1) is 0 Å². The lowest BCUT2D eigenvalue weighted by Crippen LogP contribution is -2.30. The summed E-state index contributed by atoms with van der Waals surface area (Å²) in [6, 6.07) is 13.0. The van der Waals surface area contributed by atoms with E-state index in [2.05, 4.69) is 5.32 Å². The highest BCUT2D eigenvalue weighted by Gasteiger charge is 2.15. The summed E-state index contributed by atoms with van der Waals surface area (Å²) in [5.74, 6) is -0.245. The molecule has 20 heavy (non-hydrogen) atoms. The summed E-state index contributed by atoms with van der Waals surface area (Å²) in [7, 11) is 0. The van der Waals surface area contributed by atoms with E-state index in [1.165, 1.54) is 18.2 Å². The largest absolute Gasteiger partial charge is 0.481 e. The Morgan fingerprint density at radius 1 is 1.25 bits per heavy atom. The molecule has 0 aliphatic rings. The molecule has 4 nitrogen and oxygen atoms in total. The fourth-order valence-corrected chi connectivity index (χ4v) is 1.62. The van der Waals surface area contributed by atoms with Gasteiger partial charge in [-0.05, 0) is 37.3 Å². The Morgan fingerprint density at radius 3 is 2.60 bits per heavy atom. The van der Waals surface area contributed by atoms with Crippen LogP contribution in [0.4, 0.5) is 15.8 Å². The zero-order valence-electron chi connectivity index (χ0n) is 11.0. The molecule has 0 aliphatic carbocycles. The summed E-state index contributed by atoms with van der Waals surface area (Å²) in [4.78, 5) is 11.9. The highest BCUT2D eigenvalue weighted by Crippen LogP contribution is 2.17. The van der Waals surface area contributed by atoms with E-state index in [-0.39, 0.29) is 11.6 Å². The van der Waals surface area contributed by atoms with Crippen LogP contribution in [0, 0.1) is 5.82 Å². The van der Waals surface area contributed by atoms with Gasteiger partial charge in [0.25, 0.3) is 5.91 Å². The van der Waals surface area contributed by atoms with Gasteiger partial charge in [0.15, 0.2) is 6.10 Å². The van der Waals surface area contributed by atoms with Gasteiger partial charge in [0.2, 0.25) is 0 Å². The van der Waals surface area contributed by atoms with Gasteiger partial charge in [-0.1, -0.05) is 18.2 Å². The van der Waals surface area contributed by atoms with Crippen molar-refractivity contribution in [2.24, 2.45) is 0 Å². The van der Waals surface area contributed by atoms with Gasteiger partial charge < -0.3 is 15.8 Å². The molecule has 0 aromatic heterocycles. The first-order chi connectivity index (χ1) is 9.56. The maximum Gasteiger partial charge on any atom is 0.265 e. The quantitative estimate of drug-likeness (QED) is 0.843. The van der Waals surface area contributed by atoms with Gasteiger partial charge in [0.05, 0.1) is 5.69 Å². The Morgan fingerprint density at radius 2 is 1.95 bits per heavy atom. The molecule has 2 aromatic carbocycles. The number of carbonyl (C=O) groups excluding carboxylic acids is 1. The highest BCUT2D eigenvalue weighted by molar-refractivity contribution is 5.94. The number of rotatable bonds is 4. The number of carbonyl (C=O) groups is 1. The van der Waals surface area contributed by atoms with Crippen molar-refractivity contribution >= 4 is 17.3 Å². The minimum absolute atomic E-state index is 0.0144. The van der Waals surface area contributed by atoms with Gasteiger partial charge in [0.1, 0.15) is 11.6 Å². The highest BCUT2D eigenvalue weighted by atomic mass is 19.1. The number of anilines is 2. The number of ether oxygens (including phenoxy) is 1. The van der Waals surface area contributed by atoms with Gasteiger partial charge in [-0.25, -0.2) is 4.39 Å². The molecule has 0 fully saturated rings. The van der Waals surface area contributed by atoms with Gasteiger partial charge in [-0.2, -0.15) is 0 Å². The van der Waals surface area contributed by atoms with Crippen LogP contribution in [0.2, 0.25) is 0 Å². The summed E-state index contributed by atoms with van der Waals surface area (Å²) in [5.41, 5.74) is 5.85. The number of para-hydroxylation sites is 1. The van der Waals surface area contributed by atoms with Crippen LogP contribution in [-0.4, -0.2) is 12.0 Å². The zero-order chi connectivity index (χ0) is 14.5. The van der Waals surface area contributed by atoms with E-state index in [0.29, 0.717) is 11.4 Å². The molecule has 0 radical (unpaired) electrons. The third-order valence-electron chi connectivity index (χ3n) is 2.69. The second-order valence-electron chi connectivity index (χ2n) is 4.30. The van der Waals surface area contributed by atoms with Crippen LogP contribution >= 0.6 is 0 Å². The number of nitrogen functional groups attached to an aromatic ring is 1. The van der Waals surface area contributed by atoms with Gasteiger partial charge >= 0.3 is 0 Å². The van der Waals surface area contributed by atoms with Crippen LogP contribution in [0.3, 0.4) is 0 Å². The molecule has 0 heterocycles. The van der Waals surface area contributed by atoms with Crippen LogP contribution in [0.15, 0.2) is 48.5 Å². The standard InChI is InChI=1S/C15H15FN2O2/c1-10(20-12-5-3-2-4-6-12)15(19)18-11-7-8-13(16)14(17)9-11/h2-10H,17H2,1H3,(H,18,19). The normalized spacial score (nSPS) is 11.7. The van der Waals surface area contributed by atoms with Crippen molar-refractivity contribution in [3.05, 3.63) is 54.3 Å². The average Bonchev–Trinajstić information content (AvgIpc) is 2.44. The molecule has 0 aliphatic heterocycles. The summed E-state index contributed by atoms with van der Waals surface area (Å²) >= 11 is 0. The second-order valence-corrected chi connectivity index (χ2v) is 4.30. The van der Waals surface area contributed by atoms with Crippen molar-refractivity contribution in [2.75, 3.05) is 11.1 Å². The first kappa shape index (κ1) is 13.9. The maximum atomic E-state index is 13.0. The van der Waals surface area contributed by atoms with Crippen molar-refractivity contribution in [1.82, 2.24) is 0 Å². The van der Waals surface area contributed by atoms with Crippen LogP contribution in [-0.2, 0) is 4.79 Å². The van der Waals surface area contributed by atoms with Crippen molar-refractivity contribution < 1.29 is 13.9 Å². The molecule has 3 N–H and O–H groups in total. The topological polar surface area (TPSA) is 64.3 Å². The first-order valence-corrected chi connectivity index (χ1v) is 6.14. The van der Waals surface area contributed by atoms with Gasteiger partial charge in [0, 0.05) is 5.69 Å². The third-order valence-corrected chi connectivity index (χ3v) is 2.69. The predicted molar refractivity (Wildman–Crippen MR) is 76.0 cm³/mol.